The minimum Gasteiger partial charge on any atom is -0.396 e. The molecule has 0 saturated heterocycles. The van der Waals surface area contributed by atoms with E-state index in [1.165, 1.54) is 0 Å². The number of hydrogen-bond acceptors (Lipinski definition) is 2. The van der Waals surface area contributed by atoms with Crippen molar-refractivity contribution in [3.63, 3.8) is 0 Å². The van der Waals surface area contributed by atoms with Gasteiger partial charge in [-0.05, 0) is 31.1 Å². The number of aliphatic hydroxyl groups excluding tert-OH is 1. The largest absolute Gasteiger partial charge is 0.396 e. The van der Waals surface area contributed by atoms with Crippen LogP contribution in [0, 0.1) is 35.2 Å². The van der Waals surface area contributed by atoms with Gasteiger partial charge in [-0.1, -0.05) is 0 Å². The van der Waals surface area contributed by atoms with Crippen molar-refractivity contribution in [3.8, 4) is 0 Å². The molecule has 0 radical (unpaired) electrons. The number of rotatable bonds is 3. The molecule has 1 aromatic rings. The molecule has 0 aliphatic heterocycles. The summed E-state index contributed by atoms with van der Waals surface area (Å²) in [5.41, 5.74) is -0.155. The van der Waals surface area contributed by atoms with Crippen molar-refractivity contribution < 1.29 is 23.1 Å². The fraction of sp³-hybridized carbons (Fsp3) is 0.533. The molecule has 4 nitrogen and oxygen atoms in total. The molecule has 0 aromatic heterocycles. The number of nitrogens with one attached hydrogen (secondary N) is 2. The molecule has 2 saturated carbocycles. The molecule has 0 spiro atoms. The van der Waals surface area contributed by atoms with E-state index >= 15 is 0 Å². The molecule has 2 fully saturated rings. The number of benzene rings is 1. The van der Waals surface area contributed by atoms with E-state index in [0.717, 1.165) is 31.4 Å². The zero-order valence-electron chi connectivity index (χ0n) is 11.8. The summed E-state index contributed by atoms with van der Waals surface area (Å²) in [7, 11) is 0. The molecule has 22 heavy (non-hydrogen) atoms. The summed E-state index contributed by atoms with van der Waals surface area (Å²) in [6.07, 6.45) is 3.05. The van der Waals surface area contributed by atoms with Gasteiger partial charge in [-0.2, -0.15) is 0 Å². The minimum absolute atomic E-state index is 0.00587. The van der Waals surface area contributed by atoms with Crippen LogP contribution >= 0.6 is 0 Å². The highest BCUT2D eigenvalue weighted by atomic mass is 19.2. The average molecular weight is 314 g/mol. The Morgan fingerprint density at radius 3 is 2.45 bits per heavy atom. The summed E-state index contributed by atoms with van der Waals surface area (Å²) in [5, 5.41) is 14.5. The highest BCUT2D eigenvalue weighted by molar-refractivity contribution is 5.89. The van der Waals surface area contributed by atoms with Crippen LogP contribution in [0.5, 0.6) is 0 Å². The Balaban J connectivity index is 1.66. The van der Waals surface area contributed by atoms with E-state index in [1.807, 2.05) is 0 Å². The lowest BCUT2D eigenvalue weighted by Gasteiger charge is -2.30. The number of anilines is 1. The maximum absolute atomic E-state index is 13.1. The molecule has 0 heterocycles. The molecule has 2 bridgehead atoms. The quantitative estimate of drug-likeness (QED) is 0.751. The Bertz CT molecular complexity index is 573. The number of urea groups is 1. The second-order valence-electron chi connectivity index (χ2n) is 6.06. The minimum atomic E-state index is -1.57. The van der Waals surface area contributed by atoms with Gasteiger partial charge in [0, 0.05) is 36.4 Å². The summed E-state index contributed by atoms with van der Waals surface area (Å²) >= 11 is 0. The van der Waals surface area contributed by atoms with Crippen molar-refractivity contribution >= 4 is 11.7 Å². The smallest absolute Gasteiger partial charge is 0.319 e. The van der Waals surface area contributed by atoms with Gasteiger partial charge in [0.05, 0.1) is 0 Å². The SMILES string of the molecule is O=C(Nc1cc(F)c(F)c(F)c1)NC1C2CCC(C2)C1CO. The van der Waals surface area contributed by atoms with E-state index < -0.39 is 23.5 Å². The Labute approximate surface area is 125 Å². The van der Waals surface area contributed by atoms with E-state index in [9.17, 15) is 23.1 Å². The molecule has 3 rings (SSSR count). The molecule has 2 aliphatic rings. The molecule has 2 aliphatic carbocycles. The number of carbonyl (C=O) groups is 1. The molecule has 7 heteroatoms. The Hall–Kier alpha value is -1.76. The van der Waals surface area contributed by atoms with Gasteiger partial charge in [-0.15, -0.1) is 0 Å². The molecule has 4 atom stereocenters. The Morgan fingerprint density at radius 2 is 1.82 bits per heavy atom. The van der Waals surface area contributed by atoms with Crippen LogP contribution < -0.4 is 10.6 Å². The molecule has 1 aromatic carbocycles. The monoisotopic (exact) mass is 314 g/mol. The third-order valence-electron chi connectivity index (χ3n) is 4.84. The summed E-state index contributed by atoms with van der Waals surface area (Å²) < 4.78 is 39.1. The van der Waals surface area contributed by atoms with Crippen LogP contribution in [0.4, 0.5) is 23.7 Å². The van der Waals surface area contributed by atoms with Crippen molar-refractivity contribution in [3.05, 3.63) is 29.6 Å². The maximum atomic E-state index is 13.1. The number of amides is 2. The number of aliphatic hydroxyl groups is 1. The highest BCUT2D eigenvalue weighted by Crippen LogP contribution is 2.48. The number of fused-ring (bicyclic) bond motifs is 2. The first-order valence-electron chi connectivity index (χ1n) is 7.32. The predicted molar refractivity (Wildman–Crippen MR) is 73.7 cm³/mol. The van der Waals surface area contributed by atoms with Gasteiger partial charge in [0.1, 0.15) is 0 Å². The van der Waals surface area contributed by atoms with Crippen LogP contribution in [0.2, 0.25) is 0 Å². The van der Waals surface area contributed by atoms with Gasteiger partial charge in [-0.3, -0.25) is 0 Å². The summed E-state index contributed by atoms with van der Waals surface area (Å²) in [6, 6.07) is 0.699. The van der Waals surface area contributed by atoms with E-state index in [1.54, 1.807) is 0 Å². The topological polar surface area (TPSA) is 61.4 Å². The lowest BCUT2D eigenvalue weighted by Crippen LogP contribution is -2.46. The van der Waals surface area contributed by atoms with Crippen molar-refractivity contribution in [2.24, 2.45) is 17.8 Å². The zero-order chi connectivity index (χ0) is 15.9. The predicted octanol–water partition coefficient (Wildman–Crippen LogP) is 2.63. The molecule has 120 valence electrons. The van der Waals surface area contributed by atoms with Crippen LogP contribution in [0.15, 0.2) is 12.1 Å². The van der Waals surface area contributed by atoms with Gasteiger partial charge >= 0.3 is 6.03 Å². The summed E-state index contributed by atoms with van der Waals surface area (Å²) in [4.78, 5) is 12.0. The lowest BCUT2D eigenvalue weighted by atomic mass is 9.85. The molecule has 2 amide bonds. The van der Waals surface area contributed by atoms with E-state index in [-0.39, 0.29) is 24.3 Å². The van der Waals surface area contributed by atoms with E-state index in [4.69, 9.17) is 0 Å². The van der Waals surface area contributed by atoms with Gasteiger partial charge in [0.15, 0.2) is 17.5 Å². The number of carbonyl (C=O) groups excluding carboxylic acids is 1. The summed E-state index contributed by atoms with van der Waals surface area (Å²) in [5.74, 6) is -3.52. The fourth-order valence-corrected chi connectivity index (χ4v) is 3.84. The highest BCUT2D eigenvalue weighted by Gasteiger charge is 2.47. The second kappa shape index (κ2) is 5.79. The molecular formula is C15H17F3N2O2. The summed E-state index contributed by atoms with van der Waals surface area (Å²) in [6.45, 7) is 0.00587. The average Bonchev–Trinajstić information content (AvgIpc) is 3.05. The van der Waals surface area contributed by atoms with E-state index in [2.05, 4.69) is 10.6 Å². The van der Waals surface area contributed by atoms with Crippen LogP contribution in [0.25, 0.3) is 0 Å². The second-order valence-corrected chi connectivity index (χ2v) is 6.06. The van der Waals surface area contributed by atoms with Crippen LogP contribution in [0.1, 0.15) is 19.3 Å². The fourth-order valence-electron chi connectivity index (χ4n) is 3.84. The molecule has 4 unspecified atom stereocenters. The molecular weight excluding hydrogens is 297 g/mol. The standard InChI is InChI=1S/C15H17F3N2O2/c16-11-4-9(5-12(17)13(11)18)19-15(22)20-14-8-2-1-7(3-8)10(14)6-21/h4-5,7-8,10,14,21H,1-3,6H2,(H2,19,20,22). The van der Waals surface area contributed by atoms with Gasteiger partial charge in [0.2, 0.25) is 0 Å². The van der Waals surface area contributed by atoms with E-state index in [0.29, 0.717) is 11.8 Å². The van der Waals surface area contributed by atoms with Crippen molar-refractivity contribution in [1.29, 1.82) is 0 Å². The number of hydrogen-bond donors (Lipinski definition) is 3. The van der Waals surface area contributed by atoms with Crippen molar-refractivity contribution in [2.45, 2.75) is 25.3 Å². The first-order chi connectivity index (χ1) is 10.5. The van der Waals surface area contributed by atoms with Gasteiger partial charge in [-0.25, -0.2) is 18.0 Å². The third-order valence-corrected chi connectivity index (χ3v) is 4.84. The van der Waals surface area contributed by atoms with Crippen LogP contribution in [0.3, 0.4) is 0 Å². The van der Waals surface area contributed by atoms with Crippen LogP contribution in [-0.4, -0.2) is 23.8 Å². The van der Waals surface area contributed by atoms with Crippen LogP contribution in [-0.2, 0) is 0 Å². The Kier molecular flexibility index (Phi) is 3.99. The molecule has 3 N–H and O–H groups in total. The van der Waals surface area contributed by atoms with Crippen molar-refractivity contribution in [1.82, 2.24) is 5.32 Å². The lowest BCUT2D eigenvalue weighted by molar-refractivity contribution is 0.146. The van der Waals surface area contributed by atoms with Crippen molar-refractivity contribution in [2.75, 3.05) is 11.9 Å². The van der Waals surface area contributed by atoms with Gasteiger partial charge < -0.3 is 15.7 Å². The normalized spacial score (nSPS) is 29.6. The zero-order valence-corrected chi connectivity index (χ0v) is 11.8. The first-order valence-corrected chi connectivity index (χ1v) is 7.32. The Morgan fingerprint density at radius 1 is 1.18 bits per heavy atom. The third kappa shape index (κ3) is 2.65. The van der Waals surface area contributed by atoms with Gasteiger partial charge in [0.25, 0.3) is 0 Å². The first kappa shape index (κ1) is 15.1. The number of halogens is 3. The maximum Gasteiger partial charge on any atom is 0.319 e.